The van der Waals surface area contributed by atoms with E-state index in [1.807, 2.05) is 5.32 Å². The molecule has 194 valence electrons. The van der Waals surface area contributed by atoms with Gasteiger partial charge in [0.2, 0.25) is 5.91 Å². The Kier molecular flexibility index (Phi) is 9.50. The van der Waals surface area contributed by atoms with E-state index in [0.29, 0.717) is 4.34 Å². The fraction of sp³-hybridized carbons (Fsp3) is 0.333. The second-order valence-electron chi connectivity index (χ2n) is 7.37. The Hall–Kier alpha value is -3.36. The molecule has 0 unspecified atom stereocenters. The van der Waals surface area contributed by atoms with Gasteiger partial charge >= 0.3 is 6.03 Å². The fourth-order valence-electron chi connectivity index (χ4n) is 3.11. The molecule has 1 aromatic carbocycles. The minimum absolute atomic E-state index is 0.00175. The van der Waals surface area contributed by atoms with Gasteiger partial charge in [-0.1, -0.05) is 11.6 Å². The zero-order valence-corrected chi connectivity index (χ0v) is 20.1. The summed E-state index contributed by atoms with van der Waals surface area (Å²) < 4.78 is 44.9. The molecule has 0 spiro atoms. The number of thiophene rings is 1. The first-order valence-electron chi connectivity index (χ1n) is 10.5. The van der Waals surface area contributed by atoms with Crippen LogP contribution in [-0.4, -0.2) is 69.1 Å². The highest BCUT2D eigenvalue weighted by Crippen LogP contribution is 2.24. The average molecular weight is 548 g/mol. The number of nitrogens with zero attached hydrogens (tertiary/aromatic N) is 1. The van der Waals surface area contributed by atoms with Crippen molar-refractivity contribution >= 4 is 58.1 Å². The van der Waals surface area contributed by atoms with Gasteiger partial charge in [0.05, 0.1) is 28.1 Å². The Labute approximate surface area is 212 Å². The first kappa shape index (κ1) is 27.2. The number of amides is 5. The van der Waals surface area contributed by atoms with Crippen molar-refractivity contribution in [2.24, 2.45) is 0 Å². The highest BCUT2D eigenvalue weighted by molar-refractivity contribution is 7.18. The van der Waals surface area contributed by atoms with Crippen LogP contribution in [0.1, 0.15) is 9.67 Å². The Morgan fingerprint density at radius 1 is 1.14 bits per heavy atom. The first-order chi connectivity index (χ1) is 17.1. The number of benzene rings is 1. The van der Waals surface area contributed by atoms with Crippen molar-refractivity contribution in [3.63, 3.8) is 0 Å². The lowest BCUT2D eigenvalue weighted by Crippen LogP contribution is -2.53. The molecule has 10 nitrogen and oxygen atoms in total. The number of urea groups is 1. The van der Waals surface area contributed by atoms with Gasteiger partial charge in [-0.3, -0.25) is 14.4 Å². The predicted octanol–water partition coefficient (Wildman–Crippen LogP) is 2.21. The lowest BCUT2D eigenvalue weighted by atomic mass is 10.2. The summed E-state index contributed by atoms with van der Waals surface area (Å²) in [5, 5.41) is 8.93. The summed E-state index contributed by atoms with van der Waals surface area (Å²) in [5.74, 6) is -2.64. The zero-order valence-electron chi connectivity index (χ0n) is 18.5. The van der Waals surface area contributed by atoms with E-state index >= 15 is 0 Å². The number of carbonyl (C=O) groups is 4. The van der Waals surface area contributed by atoms with Crippen molar-refractivity contribution in [1.82, 2.24) is 16.0 Å². The van der Waals surface area contributed by atoms with Gasteiger partial charge in [0.1, 0.15) is 18.5 Å². The Morgan fingerprint density at radius 2 is 1.92 bits per heavy atom. The summed E-state index contributed by atoms with van der Waals surface area (Å²) >= 11 is 6.80. The lowest BCUT2D eigenvalue weighted by molar-refractivity contribution is -0.125. The SMILES string of the molecule is O=C(NCC(F)F)N[C@H](CNC(=O)c1ccc(Cl)s1)C(=O)Nc1ccc(N2CCOCC2=O)c(F)c1. The summed E-state index contributed by atoms with van der Waals surface area (Å²) in [4.78, 5) is 50.5. The van der Waals surface area contributed by atoms with E-state index in [2.05, 4.69) is 16.0 Å². The van der Waals surface area contributed by atoms with Crippen LogP contribution in [0.5, 0.6) is 0 Å². The van der Waals surface area contributed by atoms with E-state index in [9.17, 15) is 32.3 Å². The van der Waals surface area contributed by atoms with Crippen molar-refractivity contribution in [3.05, 3.63) is 45.4 Å². The molecule has 0 aliphatic carbocycles. The van der Waals surface area contributed by atoms with Crippen LogP contribution in [0.4, 0.5) is 29.3 Å². The van der Waals surface area contributed by atoms with Crippen molar-refractivity contribution in [1.29, 1.82) is 0 Å². The Morgan fingerprint density at radius 3 is 2.56 bits per heavy atom. The number of halogens is 4. The normalized spacial score (nSPS) is 14.4. The van der Waals surface area contributed by atoms with Crippen LogP contribution in [0.3, 0.4) is 0 Å². The molecule has 4 N–H and O–H groups in total. The quantitative estimate of drug-likeness (QED) is 0.383. The summed E-state index contributed by atoms with van der Waals surface area (Å²) in [7, 11) is 0. The third-order valence-corrected chi connectivity index (χ3v) is 6.02. The minimum Gasteiger partial charge on any atom is -0.370 e. The maximum atomic E-state index is 14.7. The van der Waals surface area contributed by atoms with E-state index in [-0.39, 0.29) is 36.0 Å². The predicted molar refractivity (Wildman–Crippen MR) is 126 cm³/mol. The molecular formula is C21H21ClF3N5O5S. The van der Waals surface area contributed by atoms with Gasteiger partial charge < -0.3 is 30.9 Å². The van der Waals surface area contributed by atoms with Crippen LogP contribution >= 0.6 is 22.9 Å². The number of carbonyl (C=O) groups excluding carboxylic acids is 4. The number of morpholine rings is 1. The molecule has 36 heavy (non-hydrogen) atoms. The number of nitrogens with one attached hydrogen (secondary N) is 4. The first-order valence-corrected chi connectivity index (χ1v) is 11.7. The standard InChI is InChI=1S/C21H21ClF3N5O5S/c22-16-4-3-15(36-16)20(33)26-8-13(29-21(34)27-9-17(24)25)19(32)28-11-1-2-14(12(23)7-11)30-5-6-35-10-18(30)31/h1-4,7,13,17H,5-6,8-10H2,(H,26,33)(H,28,32)(H2,27,29,34)/t13-/m1/s1. The largest absolute Gasteiger partial charge is 0.370 e. The van der Waals surface area contributed by atoms with Gasteiger partial charge in [-0.2, -0.15) is 0 Å². The van der Waals surface area contributed by atoms with Gasteiger partial charge in [-0.15, -0.1) is 11.3 Å². The van der Waals surface area contributed by atoms with Gasteiger partial charge in [0.25, 0.3) is 18.2 Å². The van der Waals surface area contributed by atoms with Gasteiger partial charge in [-0.05, 0) is 30.3 Å². The summed E-state index contributed by atoms with van der Waals surface area (Å²) in [6, 6.07) is 4.11. The van der Waals surface area contributed by atoms with Crippen LogP contribution in [0, 0.1) is 5.82 Å². The third-order valence-electron chi connectivity index (χ3n) is 4.79. The monoisotopic (exact) mass is 547 g/mol. The van der Waals surface area contributed by atoms with Crippen molar-refractivity contribution in [2.75, 3.05) is 43.1 Å². The second kappa shape index (κ2) is 12.6. The maximum absolute atomic E-state index is 14.7. The van der Waals surface area contributed by atoms with E-state index in [1.54, 1.807) is 0 Å². The van der Waals surface area contributed by atoms with Crippen molar-refractivity contribution in [2.45, 2.75) is 12.5 Å². The molecule has 1 saturated heterocycles. The van der Waals surface area contributed by atoms with Crippen LogP contribution in [0.15, 0.2) is 30.3 Å². The average Bonchev–Trinajstić information content (AvgIpc) is 3.27. The summed E-state index contributed by atoms with van der Waals surface area (Å²) in [5.41, 5.74) is 0.00216. The van der Waals surface area contributed by atoms with E-state index in [4.69, 9.17) is 16.3 Å². The van der Waals surface area contributed by atoms with Crippen LogP contribution < -0.4 is 26.2 Å². The second-order valence-corrected chi connectivity index (χ2v) is 9.08. The van der Waals surface area contributed by atoms with Crippen molar-refractivity contribution < 1.29 is 37.1 Å². The van der Waals surface area contributed by atoms with Crippen LogP contribution in [-0.2, 0) is 14.3 Å². The molecule has 5 amide bonds. The van der Waals surface area contributed by atoms with Gasteiger partial charge in [-0.25, -0.2) is 18.0 Å². The molecule has 2 aromatic rings. The van der Waals surface area contributed by atoms with Crippen molar-refractivity contribution in [3.8, 4) is 0 Å². The topological polar surface area (TPSA) is 129 Å². The molecule has 15 heteroatoms. The van der Waals surface area contributed by atoms with E-state index in [1.165, 1.54) is 29.2 Å². The molecule has 0 radical (unpaired) electrons. The smallest absolute Gasteiger partial charge is 0.315 e. The van der Waals surface area contributed by atoms with E-state index < -0.39 is 55.1 Å². The molecule has 1 aliphatic rings. The molecule has 0 saturated carbocycles. The lowest BCUT2D eigenvalue weighted by Gasteiger charge is -2.27. The van der Waals surface area contributed by atoms with Gasteiger partial charge in [0.15, 0.2) is 0 Å². The fourth-order valence-corrected chi connectivity index (χ4v) is 4.07. The number of ether oxygens (including phenoxy) is 1. The number of alkyl halides is 2. The number of rotatable bonds is 9. The highest BCUT2D eigenvalue weighted by Gasteiger charge is 2.25. The van der Waals surface area contributed by atoms with Crippen LogP contribution in [0.2, 0.25) is 4.34 Å². The molecule has 3 rings (SSSR count). The van der Waals surface area contributed by atoms with Crippen LogP contribution in [0.25, 0.3) is 0 Å². The molecule has 0 bridgehead atoms. The number of hydrogen-bond donors (Lipinski definition) is 4. The molecule has 1 aromatic heterocycles. The maximum Gasteiger partial charge on any atom is 0.315 e. The number of anilines is 2. The molecule has 2 heterocycles. The molecule has 1 atom stereocenters. The van der Waals surface area contributed by atoms with Gasteiger partial charge in [0, 0.05) is 18.8 Å². The molecule has 1 aliphatic heterocycles. The third kappa shape index (κ3) is 7.57. The minimum atomic E-state index is -2.81. The Balaban J connectivity index is 1.69. The summed E-state index contributed by atoms with van der Waals surface area (Å²) in [6.07, 6.45) is -2.81. The zero-order chi connectivity index (χ0) is 26.2. The molecule has 1 fully saturated rings. The number of hydrogen-bond acceptors (Lipinski definition) is 6. The Bertz CT molecular complexity index is 1140. The highest BCUT2D eigenvalue weighted by atomic mass is 35.5. The molecular weight excluding hydrogens is 527 g/mol. The van der Waals surface area contributed by atoms with E-state index in [0.717, 1.165) is 17.4 Å². The summed E-state index contributed by atoms with van der Waals surface area (Å²) in [6.45, 7) is -1.13.